The molecule has 2 N–H and O–H groups in total. The third-order valence-corrected chi connectivity index (χ3v) is 3.24. The van der Waals surface area contributed by atoms with Crippen molar-refractivity contribution >= 4 is 11.9 Å². The molecule has 1 rings (SSSR count). The van der Waals surface area contributed by atoms with E-state index in [0.717, 1.165) is 5.57 Å². The van der Waals surface area contributed by atoms with Gasteiger partial charge < -0.3 is 10.2 Å². The van der Waals surface area contributed by atoms with Crippen molar-refractivity contribution in [3.05, 3.63) is 11.6 Å². The lowest BCUT2D eigenvalue weighted by atomic mass is 9.79. The van der Waals surface area contributed by atoms with Gasteiger partial charge in [0.25, 0.3) is 0 Å². The molecule has 0 heterocycles. The summed E-state index contributed by atoms with van der Waals surface area (Å²) in [5, 5.41) is 18.1. The SMILES string of the molecule is CC1=CCCC(C(=O)O)C(C(=O)O)C1C. The molecule has 15 heavy (non-hydrogen) atoms. The number of carboxylic acids is 2. The third-order valence-electron chi connectivity index (χ3n) is 3.24. The van der Waals surface area contributed by atoms with E-state index < -0.39 is 23.8 Å². The molecule has 0 aromatic carbocycles. The van der Waals surface area contributed by atoms with Crippen molar-refractivity contribution < 1.29 is 19.8 Å². The number of hydrogen-bond acceptors (Lipinski definition) is 2. The van der Waals surface area contributed by atoms with E-state index in [1.54, 1.807) is 6.92 Å². The van der Waals surface area contributed by atoms with Gasteiger partial charge in [0.1, 0.15) is 0 Å². The second-order valence-electron chi connectivity index (χ2n) is 4.12. The molecule has 84 valence electrons. The van der Waals surface area contributed by atoms with Gasteiger partial charge in [-0.05, 0) is 25.7 Å². The highest BCUT2D eigenvalue weighted by molar-refractivity contribution is 5.80. The Morgan fingerprint density at radius 1 is 1.33 bits per heavy atom. The quantitative estimate of drug-likeness (QED) is 0.684. The topological polar surface area (TPSA) is 74.6 Å². The van der Waals surface area contributed by atoms with Crippen molar-refractivity contribution in [2.75, 3.05) is 0 Å². The number of rotatable bonds is 2. The Morgan fingerprint density at radius 2 is 1.93 bits per heavy atom. The van der Waals surface area contributed by atoms with Crippen LogP contribution in [-0.4, -0.2) is 22.2 Å². The van der Waals surface area contributed by atoms with Gasteiger partial charge in [0, 0.05) is 0 Å². The van der Waals surface area contributed by atoms with E-state index in [4.69, 9.17) is 10.2 Å². The first kappa shape index (κ1) is 11.8. The summed E-state index contributed by atoms with van der Waals surface area (Å²) in [5.41, 5.74) is 0.978. The first-order valence-corrected chi connectivity index (χ1v) is 5.07. The highest BCUT2D eigenvalue weighted by atomic mass is 16.4. The van der Waals surface area contributed by atoms with Crippen LogP contribution in [0.25, 0.3) is 0 Å². The zero-order valence-electron chi connectivity index (χ0n) is 8.93. The summed E-state index contributed by atoms with van der Waals surface area (Å²) in [6, 6.07) is 0. The van der Waals surface area contributed by atoms with Crippen LogP contribution in [0.2, 0.25) is 0 Å². The lowest BCUT2D eigenvalue weighted by Crippen LogP contribution is -2.34. The fraction of sp³-hybridized carbons (Fsp3) is 0.636. The minimum atomic E-state index is -1.01. The Bertz CT molecular complexity index is 306. The van der Waals surface area contributed by atoms with E-state index in [9.17, 15) is 9.59 Å². The molecule has 0 amide bonds. The molecule has 0 aromatic rings. The summed E-state index contributed by atoms with van der Waals surface area (Å²) in [6.45, 7) is 3.65. The van der Waals surface area contributed by atoms with Gasteiger partial charge in [-0.2, -0.15) is 0 Å². The van der Waals surface area contributed by atoms with Gasteiger partial charge in [0.05, 0.1) is 11.8 Å². The van der Waals surface area contributed by atoms with Crippen LogP contribution in [0.1, 0.15) is 26.7 Å². The molecule has 0 bridgehead atoms. The Labute approximate surface area is 88.6 Å². The lowest BCUT2D eigenvalue weighted by Gasteiger charge is -2.23. The van der Waals surface area contributed by atoms with E-state index in [1.165, 1.54) is 0 Å². The summed E-state index contributed by atoms with van der Waals surface area (Å²) in [5.74, 6) is -3.79. The van der Waals surface area contributed by atoms with Gasteiger partial charge in [0.2, 0.25) is 0 Å². The van der Waals surface area contributed by atoms with Gasteiger partial charge >= 0.3 is 11.9 Å². The van der Waals surface area contributed by atoms with Crippen LogP contribution >= 0.6 is 0 Å². The monoisotopic (exact) mass is 212 g/mol. The minimum absolute atomic E-state index is 0.203. The first-order chi connectivity index (χ1) is 6.95. The zero-order valence-corrected chi connectivity index (χ0v) is 8.93. The number of hydrogen-bond donors (Lipinski definition) is 2. The fourth-order valence-corrected chi connectivity index (χ4v) is 2.15. The number of allylic oxidation sites excluding steroid dienone is 2. The van der Waals surface area contributed by atoms with E-state index in [2.05, 4.69) is 0 Å². The molecule has 4 nitrogen and oxygen atoms in total. The molecule has 4 heteroatoms. The van der Waals surface area contributed by atoms with Crippen LogP contribution in [0.3, 0.4) is 0 Å². The molecule has 0 saturated carbocycles. The molecule has 0 fully saturated rings. The molecule has 0 aromatic heterocycles. The summed E-state index contributed by atoms with van der Waals surface area (Å²) < 4.78 is 0. The number of carbonyl (C=O) groups is 2. The molecule has 1 aliphatic rings. The van der Waals surface area contributed by atoms with Crippen molar-refractivity contribution in [3.63, 3.8) is 0 Å². The smallest absolute Gasteiger partial charge is 0.307 e. The van der Waals surface area contributed by atoms with Crippen LogP contribution in [0, 0.1) is 17.8 Å². The van der Waals surface area contributed by atoms with Crippen molar-refractivity contribution in [2.24, 2.45) is 17.8 Å². The summed E-state index contributed by atoms with van der Waals surface area (Å²) in [4.78, 5) is 22.1. The average Bonchev–Trinajstić information content (AvgIpc) is 2.27. The zero-order chi connectivity index (χ0) is 11.6. The maximum Gasteiger partial charge on any atom is 0.307 e. The van der Waals surface area contributed by atoms with Crippen LogP contribution < -0.4 is 0 Å². The molecule has 0 radical (unpaired) electrons. The highest BCUT2D eigenvalue weighted by Gasteiger charge is 2.39. The van der Waals surface area contributed by atoms with Gasteiger partial charge in [-0.3, -0.25) is 9.59 Å². The molecule has 3 unspecified atom stereocenters. The molecular formula is C11H16O4. The summed E-state index contributed by atoms with van der Waals surface area (Å²) in [7, 11) is 0. The molecular weight excluding hydrogens is 196 g/mol. The normalized spacial score (nSPS) is 31.6. The molecule has 0 saturated heterocycles. The lowest BCUT2D eigenvalue weighted by molar-refractivity contribution is -0.155. The molecule has 0 spiro atoms. The van der Waals surface area contributed by atoms with Gasteiger partial charge in [-0.1, -0.05) is 18.6 Å². The summed E-state index contributed by atoms with van der Waals surface area (Å²) >= 11 is 0. The molecule has 3 atom stereocenters. The van der Waals surface area contributed by atoms with Gasteiger partial charge in [0.15, 0.2) is 0 Å². The second kappa shape index (κ2) is 4.47. The van der Waals surface area contributed by atoms with Crippen molar-refractivity contribution in [3.8, 4) is 0 Å². The van der Waals surface area contributed by atoms with Crippen LogP contribution in [0.5, 0.6) is 0 Å². The second-order valence-corrected chi connectivity index (χ2v) is 4.12. The van der Waals surface area contributed by atoms with E-state index >= 15 is 0 Å². The maximum absolute atomic E-state index is 11.1. The Kier molecular flexibility index (Phi) is 3.50. The standard InChI is InChI=1S/C11H16O4/c1-6-4-3-5-8(10(12)13)9(7(6)2)11(14)15/h4,7-9H,3,5H2,1-2H3,(H,12,13)(H,14,15). The van der Waals surface area contributed by atoms with E-state index in [-0.39, 0.29) is 5.92 Å². The van der Waals surface area contributed by atoms with Crippen LogP contribution in [-0.2, 0) is 9.59 Å². The van der Waals surface area contributed by atoms with Crippen molar-refractivity contribution in [1.29, 1.82) is 0 Å². The van der Waals surface area contributed by atoms with E-state index in [1.807, 2.05) is 13.0 Å². The molecule has 0 aliphatic heterocycles. The Morgan fingerprint density at radius 3 is 2.40 bits per heavy atom. The number of carboxylic acid groups (broad SMARTS) is 2. The van der Waals surface area contributed by atoms with Gasteiger partial charge in [-0.15, -0.1) is 0 Å². The summed E-state index contributed by atoms with van der Waals surface area (Å²) in [6.07, 6.45) is 3.01. The van der Waals surface area contributed by atoms with E-state index in [0.29, 0.717) is 12.8 Å². The maximum atomic E-state index is 11.1. The Hall–Kier alpha value is -1.32. The average molecular weight is 212 g/mol. The fourth-order valence-electron chi connectivity index (χ4n) is 2.15. The predicted octanol–water partition coefficient (Wildman–Crippen LogP) is 1.76. The van der Waals surface area contributed by atoms with Crippen molar-refractivity contribution in [1.82, 2.24) is 0 Å². The highest BCUT2D eigenvalue weighted by Crippen LogP contribution is 2.34. The largest absolute Gasteiger partial charge is 0.481 e. The van der Waals surface area contributed by atoms with Crippen molar-refractivity contribution in [2.45, 2.75) is 26.7 Å². The Balaban J connectivity index is 3.02. The van der Waals surface area contributed by atoms with Gasteiger partial charge in [-0.25, -0.2) is 0 Å². The van der Waals surface area contributed by atoms with Crippen LogP contribution in [0.4, 0.5) is 0 Å². The number of aliphatic carboxylic acids is 2. The van der Waals surface area contributed by atoms with Crippen LogP contribution in [0.15, 0.2) is 11.6 Å². The minimum Gasteiger partial charge on any atom is -0.481 e. The first-order valence-electron chi connectivity index (χ1n) is 5.07. The molecule has 1 aliphatic carbocycles. The predicted molar refractivity (Wildman–Crippen MR) is 54.4 cm³/mol. The third kappa shape index (κ3) is 2.37.